The molecule has 7 nitrogen and oxygen atoms in total. The number of rotatable bonds is 10. The molecule has 0 unspecified atom stereocenters. The molecule has 1 aromatic heterocycles. The third-order valence-corrected chi connectivity index (χ3v) is 9.15. The molecule has 4 aromatic carbocycles. The number of hydrogen-bond acceptors (Lipinski definition) is 7. The number of benzene rings is 4. The first-order valence-electron chi connectivity index (χ1n) is 15.0. The van der Waals surface area contributed by atoms with Crippen molar-refractivity contribution in [1.82, 2.24) is 4.57 Å². The highest BCUT2D eigenvalue weighted by Crippen LogP contribution is 2.35. The van der Waals surface area contributed by atoms with Crippen LogP contribution in [0.4, 0.5) is 0 Å². The van der Waals surface area contributed by atoms with Crippen LogP contribution in [-0.4, -0.2) is 23.8 Å². The highest BCUT2D eigenvalue weighted by atomic mass is 35.5. The second-order valence-electron chi connectivity index (χ2n) is 10.5. The maximum atomic E-state index is 14.2. The predicted octanol–water partition coefficient (Wildman–Crippen LogP) is 7.22. The number of carbonyl (C=O) groups excluding carboxylic acids is 1. The van der Waals surface area contributed by atoms with Crippen molar-refractivity contribution in [3.63, 3.8) is 0 Å². The van der Waals surface area contributed by atoms with E-state index in [1.165, 1.54) is 11.3 Å². The van der Waals surface area contributed by atoms with E-state index in [0.29, 0.717) is 48.8 Å². The molecule has 6 rings (SSSR count). The Hall–Kier alpha value is -4.63. The molecule has 0 N–H and O–H groups in total. The van der Waals surface area contributed by atoms with E-state index >= 15 is 0 Å². The Morgan fingerprint density at radius 2 is 1.62 bits per heavy atom. The molecular weight excluding hydrogens is 655 g/mol. The number of nitrogens with zero attached hydrogens (tertiary/aromatic N) is 2. The van der Waals surface area contributed by atoms with Crippen molar-refractivity contribution in [3.05, 3.63) is 155 Å². The van der Waals surface area contributed by atoms with Crippen molar-refractivity contribution in [2.24, 2.45) is 4.99 Å². The average molecular weight is 686 g/mol. The molecule has 47 heavy (non-hydrogen) atoms. The Balaban J connectivity index is 1.45. The smallest absolute Gasteiger partial charge is 0.338 e. The maximum Gasteiger partial charge on any atom is 0.338 e. The van der Waals surface area contributed by atoms with Crippen LogP contribution in [0.25, 0.3) is 11.8 Å². The number of aromatic nitrogens is 1. The van der Waals surface area contributed by atoms with E-state index in [4.69, 9.17) is 42.4 Å². The average Bonchev–Trinajstić information content (AvgIpc) is 3.40. The Labute approximate surface area is 285 Å². The van der Waals surface area contributed by atoms with Crippen LogP contribution in [-0.2, 0) is 16.1 Å². The molecule has 0 saturated carbocycles. The van der Waals surface area contributed by atoms with E-state index in [1.807, 2.05) is 91.9 Å². The Morgan fingerprint density at radius 1 is 0.872 bits per heavy atom. The lowest BCUT2D eigenvalue weighted by atomic mass is 9.93. The minimum Gasteiger partial charge on any atom is -0.490 e. The summed E-state index contributed by atoms with van der Waals surface area (Å²) in [6.45, 7) is 4.52. The van der Waals surface area contributed by atoms with E-state index < -0.39 is 12.0 Å². The van der Waals surface area contributed by atoms with Crippen LogP contribution in [0.15, 0.2) is 112 Å². The van der Waals surface area contributed by atoms with E-state index in [-0.39, 0.29) is 18.8 Å². The second-order valence-corrected chi connectivity index (χ2v) is 12.3. The summed E-state index contributed by atoms with van der Waals surface area (Å²) in [4.78, 5) is 33.2. The normalized spacial score (nSPS) is 14.4. The van der Waals surface area contributed by atoms with Gasteiger partial charge in [0.15, 0.2) is 16.3 Å². The molecule has 1 aliphatic heterocycles. The summed E-state index contributed by atoms with van der Waals surface area (Å²) >= 11 is 13.5. The van der Waals surface area contributed by atoms with Crippen LogP contribution in [0.3, 0.4) is 0 Å². The van der Waals surface area contributed by atoms with Crippen molar-refractivity contribution in [1.29, 1.82) is 0 Å². The molecular formula is C37H30Cl2N2O5S. The fourth-order valence-corrected chi connectivity index (χ4v) is 6.66. The highest BCUT2D eigenvalue weighted by molar-refractivity contribution is 7.07. The van der Waals surface area contributed by atoms with Gasteiger partial charge < -0.3 is 14.2 Å². The van der Waals surface area contributed by atoms with Crippen molar-refractivity contribution in [3.8, 4) is 11.5 Å². The predicted molar refractivity (Wildman–Crippen MR) is 186 cm³/mol. The van der Waals surface area contributed by atoms with E-state index in [1.54, 1.807) is 29.7 Å². The first-order chi connectivity index (χ1) is 22.9. The summed E-state index contributed by atoms with van der Waals surface area (Å²) in [6.07, 6.45) is 1.80. The number of fused-ring (bicyclic) bond motifs is 1. The molecule has 238 valence electrons. The van der Waals surface area contributed by atoms with Crippen molar-refractivity contribution in [2.45, 2.75) is 26.5 Å². The van der Waals surface area contributed by atoms with Crippen LogP contribution in [0, 0.1) is 0 Å². The zero-order chi connectivity index (χ0) is 32.9. The number of halogens is 2. The van der Waals surface area contributed by atoms with Crippen LogP contribution < -0.4 is 24.4 Å². The van der Waals surface area contributed by atoms with Gasteiger partial charge in [-0.2, -0.15) is 0 Å². The van der Waals surface area contributed by atoms with Crippen LogP contribution in [0.1, 0.15) is 42.1 Å². The zero-order valence-corrected chi connectivity index (χ0v) is 27.9. The summed E-state index contributed by atoms with van der Waals surface area (Å²) in [5.41, 5.74) is 3.65. The van der Waals surface area contributed by atoms with Crippen LogP contribution in [0.5, 0.6) is 11.5 Å². The van der Waals surface area contributed by atoms with Crippen molar-refractivity contribution < 1.29 is 19.0 Å². The maximum absolute atomic E-state index is 14.2. The molecule has 1 atom stereocenters. The molecule has 0 fully saturated rings. The minimum absolute atomic E-state index is 0.186. The number of esters is 1. The van der Waals surface area contributed by atoms with Gasteiger partial charge in [-0.05, 0) is 60.9 Å². The lowest BCUT2D eigenvalue weighted by molar-refractivity contribution is -0.138. The van der Waals surface area contributed by atoms with E-state index in [2.05, 4.69) is 0 Å². The molecule has 0 bridgehead atoms. The molecule has 0 aliphatic carbocycles. The van der Waals surface area contributed by atoms with Gasteiger partial charge in [-0.25, -0.2) is 9.79 Å². The first-order valence-corrected chi connectivity index (χ1v) is 16.6. The summed E-state index contributed by atoms with van der Waals surface area (Å²) in [5.74, 6) is 0.565. The van der Waals surface area contributed by atoms with Crippen molar-refractivity contribution >= 4 is 52.3 Å². The molecule has 0 saturated heterocycles. The second kappa shape index (κ2) is 14.4. The van der Waals surface area contributed by atoms with Gasteiger partial charge in [-0.15, -0.1) is 0 Å². The lowest BCUT2D eigenvalue weighted by Gasteiger charge is -2.25. The third kappa shape index (κ3) is 6.90. The summed E-state index contributed by atoms with van der Waals surface area (Å²) in [7, 11) is 0. The van der Waals surface area contributed by atoms with Crippen molar-refractivity contribution in [2.75, 3.05) is 13.2 Å². The largest absolute Gasteiger partial charge is 0.490 e. The first kappa shape index (κ1) is 32.3. The Morgan fingerprint density at radius 3 is 2.32 bits per heavy atom. The number of ether oxygens (including phenoxy) is 3. The fourth-order valence-electron chi connectivity index (χ4n) is 5.33. The molecule has 5 aromatic rings. The Kier molecular flexibility index (Phi) is 9.92. The third-order valence-electron chi connectivity index (χ3n) is 7.43. The molecule has 10 heteroatoms. The van der Waals surface area contributed by atoms with Gasteiger partial charge in [0, 0.05) is 5.56 Å². The molecule has 1 aliphatic rings. The van der Waals surface area contributed by atoms with Gasteiger partial charge >= 0.3 is 5.97 Å². The monoisotopic (exact) mass is 684 g/mol. The number of carbonyl (C=O) groups is 1. The number of hydrogen-bond donors (Lipinski definition) is 0. The van der Waals surface area contributed by atoms with Gasteiger partial charge in [0.1, 0.15) is 6.61 Å². The van der Waals surface area contributed by atoms with Crippen LogP contribution >= 0.6 is 34.5 Å². The van der Waals surface area contributed by atoms with Gasteiger partial charge in [0.2, 0.25) is 0 Å². The quantitative estimate of drug-likeness (QED) is 0.145. The van der Waals surface area contributed by atoms with Gasteiger partial charge in [0.05, 0.1) is 45.1 Å². The van der Waals surface area contributed by atoms with Gasteiger partial charge in [0.25, 0.3) is 5.56 Å². The van der Waals surface area contributed by atoms with E-state index in [9.17, 15) is 9.59 Å². The highest BCUT2D eigenvalue weighted by Gasteiger charge is 2.35. The fraction of sp³-hybridized carbons (Fsp3) is 0.162. The minimum atomic E-state index is -0.736. The topological polar surface area (TPSA) is 79.1 Å². The van der Waals surface area contributed by atoms with Gasteiger partial charge in [-0.1, -0.05) is 107 Å². The number of thiazole rings is 1. The van der Waals surface area contributed by atoms with Crippen LogP contribution in [0.2, 0.25) is 10.0 Å². The zero-order valence-electron chi connectivity index (χ0n) is 25.6. The lowest BCUT2D eigenvalue weighted by Crippen LogP contribution is -2.39. The molecule has 0 amide bonds. The van der Waals surface area contributed by atoms with Gasteiger partial charge in [-0.3, -0.25) is 9.36 Å². The molecule has 0 spiro atoms. The summed E-state index contributed by atoms with van der Waals surface area (Å²) < 4.78 is 19.6. The Bertz CT molecular complexity index is 2140. The SMILES string of the molecule is CCOC(=O)C1=C(c2ccccc2)N=c2s/c(=C\c3ccc(OCc4ccc(Cl)c(Cl)c4)c(OCC)c3)c(=O)n2[C@H]1c1ccccc1. The summed E-state index contributed by atoms with van der Waals surface area (Å²) in [6, 6.07) is 29.1. The standard InChI is InChI=1S/C37H30Cl2N2O5S/c1-3-44-30-20-23(16-18-29(30)46-22-24-15-17-27(38)28(39)19-24)21-31-35(42)41-34(26-13-9-6-10-14-26)32(36(43)45-4-2)33(40-37(41)47-31)25-11-7-5-8-12-25/h5-21,34H,3-4,22H2,1-2H3/b31-21-/t34-/m0/s1. The van der Waals surface area contributed by atoms with E-state index in [0.717, 1.165) is 22.3 Å². The molecule has 2 heterocycles. The molecule has 0 radical (unpaired) electrons. The summed E-state index contributed by atoms with van der Waals surface area (Å²) in [5, 5.41) is 0.929.